The van der Waals surface area contributed by atoms with Gasteiger partial charge in [0.25, 0.3) is 0 Å². The maximum Gasteiger partial charge on any atom is 0.141 e. The van der Waals surface area contributed by atoms with Crippen molar-refractivity contribution < 1.29 is 4.74 Å². The van der Waals surface area contributed by atoms with Gasteiger partial charge in [0.05, 0.1) is 18.8 Å². The molecule has 1 aliphatic rings. The monoisotopic (exact) mass is 266 g/mol. The van der Waals surface area contributed by atoms with Gasteiger partial charge in [-0.05, 0) is 48.9 Å². The van der Waals surface area contributed by atoms with Gasteiger partial charge in [-0.25, -0.2) is 0 Å². The number of hydrogen-bond acceptors (Lipinski definition) is 4. The van der Waals surface area contributed by atoms with E-state index >= 15 is 0 Å². The SMILES string of the molecule is CCCNC(c1ncccc1OC)C1CCSC1. The quantitative estimate of drug-likeness (QED) is 0.858. The van der Waals surface area contributed by atoms with Crippen molar-refractivity contribution in [2.45, 2.75) is 25.8 Å². The topological polar surface area (TPSA) is 34.2 Å². The molecule has 0 bridgehead atoms. The Balaban J connectivity index is 2.20. The molecular weight excluding hydrogens is 244 g/mol. The minimum absolute atomic E-state index is 0.330. The summed E-state index contributed by atoms with van der Waals surface area (Å²) in [5.74, 6) is 4.07. The van der Waals surface area contributed by atoms with Gasteiger partial charge in [0.1, 0.15) is 5.75 Å². The summed E-state index contributed by atoms with van der Waals surface area (Å²) in [6.45, 7) is 3.23. The summed E-state index contributed by atoms with van der Waals surface area (Å²) >= 11 is 2.04. The Labute approximate surface area is 114 Å². The normalized spacial score (nSPS) is 20.9. The zero-order valence-electron chi connectivity index (χ0n) is 11.2. The Morgan fingerprint density at radius 2 is 2.50 bits per heavy atom. The average molecular weight is 266 g/mol. The molecule has 2 atom stereocenters. The van der Waals surface area contributed by atoms with Crippen LogP contribution in [0, 0.1) is 5.92 Å². The summed E-state index contributed by atoms with van der Waals surface area (Å²) in [7, 11) is 1.72. The van der Waals surface area contributed by atoms with Crippen LogP contribution < -0.4 is 10.1 Å². The molecular formula is C14H22N2OS. The predicted octanol–water partition coefficient (Wildman–Crippen LogP) is 2.88. The lowest BCUT2D eigenvalue weighted by atomic mass is 9.95. The molecule has 1 aliphatic heterocycles. The summed E-state index contributed by atoms with van der Waals surface area (Å²) < 4.78 is 5.46. The fourth-order valence-corrected chi connectivity index (χ4v) is 3.71. The number of nitrogens with one attached hydrogen (secondary N) is 1. The van der Waals surface area contributed by atoms with E-state index in [2.05, 4.69) is 17.2 Å². The average Bonchev–Trinajstić information content (AvgIpc) is 2.94. The van der Waals surface area contributed by atoms with Gasteiger partial charge in [-0.3, -0.25) is 4.98 Å². The van der Waals surface area contributed by atoms with Crippen LogP contribution in [0.4, 0.5) is 0 Å². The van der Waals surface area contributed by atoms with Crippen molar-refractivity contribution in [3.8, 4) is 5.75 Å². The fraction of sp³-hybridized carbons (Fsp3) is 0.643. The van der Waals surface area contributed by atoms with Crippen LogP contribution >= 0.6 is 11.8 Å². The third kappa shape index (κ3) is 3.18. The van der Waals surface area contributed by atoms with E-state index in [1.807, 2.05) is 30.1 Å². The summed E-state index contributed by atoms with van der Waals surface area (Å²) in [5, 5.41) is 3.65. The van der Waals surface area contributed by atoms with Gasteiger partial charge in [-0.15, -0.1) is 0 Å². The first kappa shape index (κ1) is 13.7. The lowest BCUT2D eigenvalue weighted by Gasteiger charge is -2.25. The standard InChI is InChI=1S/C14H22N2OS/c1-3-7-15-13(11-6-9-18-10-11)14-12(17-2)5-4-8-16-14/h4-5,8,11,13,15H,3,6-7,9-10H2,1-2H3. The van der Waals surface area contributed by atoms with Gasteiger partial charge >= 0.3 is 0 Å². The van der Waals surface area contributed by atoms with Gasteiger partial charge in [-0.2, -0.15) is 11.8 Å². The Bertz CT molecular complexity index is 367. The van der Waals surface area contributed by atoms with Crippen LogP contribution in [0.3, 0.4) is 0 Å². The zero-order chi connectivity index (χ0) is 12.8. The van der Waals surface area contributed by atoms with Crippen molar-refractivity contribution in [2.75, 3.05) is 25.2 Å². The minimum Gasteiger partial charge on any atom is -0.495 e. The number of hydrogen-bond donors (Lipinski definition) is 1. The second kappa shape index (κ2) is 7.00. The van der Waals surface area contributed by atoms with Crippen molar-refractivity contribution in [3.63, 3.8) is 0 Å². The van der Waals surface area contributed by atoms with E-state index in [0.717, 1.165) is 24.4 Å². The molecule has 1 fully saturated rings. The van der Waals surface area contributed by atoms with Crippen molar-refractivity contribution in [1.29, 1.82) is 0 Å². The molecule has 2 unspecified atom stereocenters. The molecule has 0 aromatic carbocycles. The van der Waals surface area contributed by atoms with Gasteiger partial charge in [0.2, 0.25) is 0 Å². The minimum atomic E-state index is 0.330. The van der Waals surface area contributed by atoms with E-state index in [-0.39, 0.29) is 0 Å². The van der Waals surface area contributed by atoms with Crippen molar-refractivity contribution in [1.82, 2.24) is 10.3 Å². The van der Waals surface area contributed by atoms with E-state index in [4.69, 9.17) is 4.74 Å². The van der Waals surface area contributed by atoms with Crippen LogP contribution in [0.1, 0.15) is 31.5 Å². The number of pyridine rings is 1. The molecule has 0 amide bonds. The van der Waals surface area contributed by atoms with Crippen molar-refractivity contribution in [3.05, 3.63) is 24.0 Å². The van der Waals surface area contributed by atoms with Crippen LogP contribution in [0.25, 0.3) is 0 Å². The highest BCUT2D eigenvalue weighted by Gasteiger charge is 2.29. The number of ether oxygens (including phenoxy) is 1. The number of thioether (sulfide) groups is 1. The van der Waals surface area contributed by atoms with Crippen LogP contribution in [-0.2, 0) is 0 Å². The number of aromatic nitrogens is 1. The van der Waals surface area contributed by atoms with Crippen LogP contribution in [-0.4, -0.2) is 30.1 Å². The third-order valence-corrected chi connectivity index (χ3v) is 4.55. The molecule has 4 heteroatoms. The molecule has 2 rings (SSSR count). The first-order chi connectivity index (χ1) is 8.86. The Morgan fingerprint density at radius 3 is 3.17 bits per heavy atom. The molecule has 1 N–H and O–H groups in total. The largest absolute Gasteiger partial charge is 0.495 e. The van der Waals surface area contributed by atoms with Crippen molar-refractivity contribution in [2.24, 2.45) is 5.92 Å². The summed E-state index contributed by atoms with van der Waals surface area (Å²) in [6.07, 6.45) is 4.28. The molecule has 0 spiro atoms. The van der Waals surface area contributed by atoms with Crippen molar-refractivity contribution >= 4 is 11.8 Å². The lowest BCUT2D eigenvalue weighted by molar-refractivity contribution is 0.353. The van der Waals surface area contributed by atoms with E-state index in [0.29, 0.717) is 12.0 Å². The number of rotatable bonds is 6. The van der Waals surface area contributed by atoms with Crippen LogP contribution in [0.15, 0.2) is 18.3 Å². The molecule has 3 nitrogen and oxygen atoms in total. The highest BCUT2D eigenvalue weighted by atomic mass is 32.2. The van der Waals surface area contributed by atoms with E-state index < -0.39 is 0 Å². The summed E-state index contributed by atoms with van der Waals surface area (Å²) in [5.41, 5.74) is 1.07. The smallest absolute Gasteiger partial charge is 0.141 e. The molecule has 1 aromatic rings. The molecule has 1 saturated heterocycles. The summed E-state index contributed by atoms with van der Waals surface area (Å²) in [6, 6.07) is 4.27. The predicted molar refractivity (Wildman–Crippen MR) is 77.3 cm³/mol. The maximum atomic E-state index is 5.46. The van der Waals surface area contributed by atoms with E-state index in [9.17, 15) is 0 Å². The van der Waals surface area contributed by atoms with E-state index in [1.54, 1.807) is 7.11 Å². The Hall–Kier alpha value is -0.740. The van der Waals surface area contributed by atoms with Crippen LogP contribution in [0.5, 0.6) is 5.75 Å². The van der Waals surface area contributed by atoms with Gasteiger partial charge in [0, 0.05) is 6.20 Å². The number of nitrogens with zero attached hydrogens (tertiary/aromatic N) is 1. The molecule has 18 heavy (non-hydrogen) atoms. The molecule has 100 valence electrons. The van der Waals surface area contributed by atoms with E-state index in [1.165, 1.54) is 17.9 Å². The highest BCUT2D eigenvalue weighted by Crippen LogP contribution is 2.36. The molecule has 0 radical (unpaired) electrons. The molecule has 0 saturated carbocycles. The highest BCUT2D eigenvalue weighted by molar-refractivity contribution is 7.99. The third-order valence-electron chi connectivity index (χ3n) is 3.36. The summed E-state index contributed by atoms with van der Waals surface area (Å²) in [4.78, 5) is 4.55. The van der Waals surface area contributed by atoms with Crippen LogP contribution in [0.2, 0.25) is 0 Å². The Kier molecular flexibility index (Phi) is 5.32. The lowest BCUT2D eigenvalue weighted by Crippen LogP contribution is -2.30. The zero-order valence-corrected chi connectivity index (χ0v) is 12.0. The second-order valence-electron chi connectivity index (χ2n) is 4.65. The second-order valence-corrected chi connectivity index (χ2v) is 5.80. The fourth-order valence-electron chi connectivity index (χ4n) is 2.41. The Morgan fingerprint density at radius 1 is 1.61 bits per heavy atom. The first-order valence-electron chi connectivity index (χ1n) is 6.66. The first-order valence-corrected chi connectivity index (χ1v) is 7.82. The molecule has 1 aromatic heterocycles. The molecule has 0 aliphatic carbocycles. The van der Waals surface area contributed by atoms with Gasteiger partial charge in [0.15, 0.2) is 0 Å². The molecule has 2 heterocycles. The maximum absolute atomic E-state index is 5.46. The number of methoxy groups -OCH3 is 1. The van der Waals surface area contributed by atoms with Gasteiger partial charge < -0.3 is 10.1 Å². The van der Waals surface area contributed by atoms with Gasteiger partial charge in [-0.1, -0.05) is 6.92 Å².